The van der Waals surface area contributed by atoms with Gasteiger partial charge in [0, 0.05) is 6.04 Å². The zero-order chi connectivity index (χ0) is 13.7. The van der Waals surface area contributed by atoms with Gasteiger partial charge in [-0.15, -0.1) is 0 Å². The largest absolute Gasteiger partial charge is 0.317 e. The molecule has 1 heteroatoms. The van der Waals surface area contributed by atoms with E-state index in [1.165, 1.54) is 11.1 Å². The molecule has 0 aliphatic heterocycles. The van der Waals surface area contributed by atoms with Gasteiger partial charge in [-0.2, -0.15) is 0 Å². The molecule has 2 unspecified atom stereocenters. The van der Waals surface area contributed by atoms with Crippen molar-refractivity contribution in [2.24, 2.45) is 11.8 Å². The Morgan fingerprint density at radius 2 is 1.50 bits per heavy atom. The highest BCUT2D eigenvalue weighted by Gasteiger charge is 2.19. The topological polar surface area (TPSA) is 12.0 Å². The molecule has 0 fully saturated rings. The van der Waals surface area contributed by atoms with Crippen LogP contribution in [0.2, 0.25) is 0 Å². The summed E-state index contributed by atoms with van der Waals surface area (Å²) in [5, 5.41) is 3.40. The van der Waals surface area contributed by atoms with Crippen molar-refractivity contribution < 1.29 is 0 Å². The van der Waals surface area contributed by atoms with E-state index in [2.05, 4.69) is 71.2 Å². The zero-order valence-corrected chi connectivity index (χ0v) is 12.8. The van der Waals surface area contributed by atoms with Crippen molar-refractivity contribution in [3.05, 3.63) is 35.4 Å². The van der Waals surface area contributed by atoms with Gasteiger partial charge in [0.05, 0.1) is 0 Å². The van der Waals surface area contributed by atoms with Crippen molar-refractivity contribution >= 4 is 0 Å². The first-order valence-electron chi connectivity index (χ1n) is 7.21. The molecule has 102 valence electrons. The third-order valence-electron chi connectivity index (χ3n) is 4.07. The van der Waals surface area contributed by atoms with Crippen molar-refractivity contribution in [1.29, 1.82) is 0 Å². The third-order valence-corrected chi connectivity index (χ3v) is 4.07. The van der Waals surface area contributed by atoms with Crippen LogP contribution in [0.5, 0.6) is 0 Å². The van der Waals surface area contributed by atoms with Gasteiger partial charge in [0.2, 0.25) is 0 Å². The van der Waals surface area contributed by atoms with Gasteiger partial charge in [-0.05, 0) is 49.3 Å². The molecule has 1 nitrogen and oxygen atoms in total. The zero-order valence-electron chi connectivity index (χ0n) is 12.8. The van der Waals surface area contributed by atoms with Crippen LogP contribution in [0, 0.1) is 11.8 Å². The summed E-state index contributed by atoms with van der Waals surface area (Å²) in [6, 6.07) is 9.72. The maximum atomic E-state index is 3.40. The van der Waals surface area contributed by atoms with Gasteiger partial charge in [0.1, 0.15) is 0 Å². The Balaban J connectivity index is 2.75. The fourth-order valence-corrected chi connectivity index (χ4v) is 2.51. The normalized spacial score (nSPS) is 15.1. The smallest absolute Gasteiger partial charge is 0.00696 e. The molecule has 1 rings (SSSR count). The van der Waals surface area contributed by atoms with Crippen LogP contribution >= 0.6 is 0 Å². The first-order chi connectivity index (χ1) is 8.45. The summed E-state index contributed by atoms with van der Waals surface area (Å²) in [5.74, 6) is 2.02. The van der Waals surface area contributed by atoms with Crippen LogP contribution in [0.15, 0.2) is 24.3 Å². The van der Waals surface area contributed by atoms with E-state index in [9.17, 15) is 0 Å². The van der Waals surface area contributed by atoms with Crippen LogP contribution in [0.1, 0.15) is 51.7 Å². The van der Waals surface area contributed by atoms with E-state index in [1.54, 1.807) is 0 Å². The maximum Gasteiger partial charge on any atom is 0.00696 e. The van der Waals surface area contributed by atoms with Gasteiger partial charge in [-0.1, -0.05) is 52.0 Å². The van der Waals surface area contributed by atoms with E-state index in [0.717, 1.165) is 6.42 Å². The summed E-state index contributed by atoms with van der Waals surface area (Å²) in [6.45, 7) is 11.4. The predicted octanol–water partition coefficient (Wildman–Crippen LogP) is 4.23. The quantitative estimate of drug-likeness (QED) is 0.793. The van der Waals surface area contributed by atoms with Crippen molar-refractivity contribution in [1.82, 2.24) is 5.32 Å². The monoisotopic (exact) mass is 247 g/mol. The lowest BCUT2D eigenvalue weighted by Gasteiger charge is -2.27. The van der Waals surface area contributed by atoms with Crippen molar-refractivity contribution in [3.8, 4) is 0 Å². The van der Waals surface area contributed by atoms with Crippen LogP contribution in [0.3, 0.4) is 0 Å². The van der Waals surface area contributed by atoms with E-state index in [0.29, 0.717) is 23.8 Å². The molecular formula is C17H29N. The maximum absolute atomic E-state index is 3.40. The summed E-state index contributed by atoms with van der Waals surface area (Å²) in [4.78, 5) is 0. The van der Waals surface area contributed by atoms with Crippen LogP contribution in [-0.4, -0.2) is 13.1 Å². The molecule has 0 aromatic heterocycles. The molecule has 0 aliphatic rings. The lowest BCUT2D eigenvalue weighted by atomic mass is 9.83. The Kier molecular flexibility index (Phi) is 5.87. The Labute approximate surface area is 113 Å². The molecule has 0 bridgehead atoms. The molecule has 1 aromatic carbocycles. The average Bonchev–Trinajstić information content (AvgIpc) is 2.35. The lowest BCUT2D eigenvalue weighted by molar-refractivity contribution is 0.300. The molecule has 0 radical (unpaired) electrons. The standard InChI is InChI=1S/C17H29N/c1-12(2)16-9-7-15(8-10-16)11-17(13(3)4)14(5)18-6/h7-10,12-14,17-18H,11H2,1-6H3. The second kappa shape index (κ2) is 6.94. The van der Waals surface area contributed by atoms with E-state index in [1.807, 2.05) is 0 Å². The summed E-state index contributed by atoms with van der Waals surface area (Å²) in [5.41, 5.74) is 2.89. The number of hydrogen-bond acceptors (Lipinski definition) is 1. The van der Waals surface area contributed by atoms with E-state index >= 15 is 0 Å². The Morgan fingerprint density at radius 1 is 0.944 bits per heavy atom. The number of benzene rings is 1. The van der Waals surface area contributed by atoms with E-state index in [-0.39, 0.29) is 0 Å². The second-order valence-electron chi connectivity index (χ2n) is 6.09. The van der Waals surface area contributed by atoms with Gasteiger partial charge in [0.25, 0.3) is 0 Å². The summed E-state index contributed by atoms with van der Waals surface area (Å²) in [6.07, 6.45) is 1.16. The van der Waals surface area contributed by atoms with Crippen LogP contribution < -0.4 is 5.32 Å². The molecular weight excluding hydrogens is 218 g/mol. The first-order valence-corrected chi connectivity index (χ1v) is 7.21. The molecule has 0 saturated carbocycles. The Morgan fingerprint density at radius 3 is 1.89 bits per heavy atom. The second-order valence-corrected chi connectivity index (χ2v) is 6.09. The van der Waals surface area contributed by atoms with Crippen molar-refractivity contribution in [2.75, 3.05) is 7.05 Å². The molecule has 1 aromatic rings. The van der Waals surface area contributed by atoms with Crippen LogP contribution in [0.4, 0.5) is 0 Å². The Hall–Kier alpha value is -0.820. The fourth-order valence-electron chi connectivity index (χ4n) is 2.51. The highest BCUT2D eigenvalue weighted by molar-refractivity contribution is 5.25. The van der Waals surface area contributed by atoms with Gasteiger partial charge in [-0.25, -0.2) is 0 Å². The van der Waals surface area contributed by atoms with Gasteiger partial charge in [0.15, 0.2) is 0 Å². The highest BCUT2D eigenvalue weighted by Crippen LogP contribution is 2.22. The minimum Gasteiger partial charge on any atom is -0.317 e. The SMILES string of the molecule is CNC(C)C(Cc1ccc(C(C)C)cc1)C(C)C. The van der Waals surface area contributed by atoms with Crippen molar-refractivity contribution in [2.45, 2.75) is 53.0 Å². The number of hydrogen-bond donors (Lipinski definition) is 1. The lowest BCUT2D eigenvalue weighted by Crippen LogP contribution is -2.35. The molecule has 18 heavy (non-hydrogen) atoms. The number of rotatable bonds is 6. The molecule has 2 atom stereocenters. The fraction of sp³-hybridized carbons (Fsp3) is 0.647. The minimum atomic E-state index is 0.565. The van der Waals surface area contributed by atoms with Gasteiger partial charge >= 0.3 is 0 Å². The summed E-state index contributed by atoms with van der Waals surface area (Å²) < 4.78 is 0. The van der Waals surface area contributed by atoms with Crippen molar-refractivity contribution in [3.63, 3.8) is 0 Å². The minimum absolute atomic E-state index is 0.565. The third kappa shape index (κ3) is 4.13. The van der Waals surface area contributed by atoms with E-state index < -0.39 is 0 Å². The molecule has 0 saturated heterocycles. The van der Waals surface area contributed by atoms with Crippen LogP contribution in [0.25, 0.3) is 0 Å². The summed E-state index contributed by atoms with van der Waals surface area (Å²) >= 11 is 0. The summed E-state index contributed by atoms with van der Waals surface area (Å²) in [7, 11) is 2.06. The molecule has 0 spiro atoms. The predicted molar refractivity (Wildman–Crippen MR) is 81.1 cm³/mol. The van der Waals surface area contributed by atoms with E-state index in [4.69, 9.17) is 0 Å². The van der Waals surface area contributed by atoms with Crippen LogP contribution in [-0.2, 0) is 6.42 Å². The molecule has 0 heterocycles. The molecule has 1 N–H and O–H groups in total. The first kappa shape index (κ1) is 15.2. The number of nitrogens with one attached hydrogen (secondary N) is 1. The average molecular weight is 247 g/mol. The molecule has 0 amide bonds. The Bertz CT molecular complexity index is 337. The van der Waals surface area contributed by atoms with Gasteiger partial charge < -0.3 is 5.32 Å². The van der Waals surface area contributed by atoms with Gasteiger partial charge in [-0.3, -0.25) is 0 Å². The molecule has 0 aliphatic carbocycles. The highest BCUT2D eigenvalue weighted by atomic mass is 14.9.